The van der Waals surface area contributed by atoms with E-state index in [1.807, 2.05) is 0 Å². The molecule has 1 nitrogen and oxygen atoms in total. The number of benzene rings is 2. The Morgan fingerprint density at radius 2 is 2.00 bits per heavy atom. The van der Waals surface area contributed by atoms with E-state index in [9.17, 15) is 0 Å². The normalized spacial score (nSPS) is 13.2. The predicted molar refractivity (Wildman–Crippen MR) is 89.1 cm³/mol. The second-order valence-electron chi connectivity index (χ2n) is 5.07. The Morgan fingerprint density at radius 3 is 2.70 bits per heavy atom. The van der Waals surface area contributed by atoms with E-state index in [0.717, 1.165) is 25.2 Å². The fourth-order valence-electron chi connectivity index (χ4n) is 2.67. The lowest BCUT2D eigenvalue weighted by molar-refractivity contribution is 0.354. The highest BCUT2D eigenvalue weighted by atomic mass is 79.9. The molecule has 0 N–H and O–H groups in total. The van der Waals surface area contributed by atoms with Gasteiger partial charge >= 0.3 is 0 Å². The minimum atomic E-state index is 0.811. The van der Waals surface area contributed by atoms with Gasteiger partial charge in [0.2, 0.25) is 0 Å². The van der Waals surface area contributed by atoms with Gasteiger partial charge in [-0.25, -0.2) is 0 Å². The molecule has 3 rings (SSSR count). The van der Waals surface area contributed by atoms with Crippen LogP contribution in [0.15, 0.2) is 39.7 Å². The van der Waals surface area contributed by atoms with Crippen LogP contribution in [-0.4, -0.2) is 12.9 Å². The summed E-state index contributed by atoms with van der Waals surface area (Å²) in [5.41, 5.74) is 5.30. The molecule has 1 aliphatic heterocycles. The van der Waals surface area contributed by atoms with E-state index in [-0.39, 0.29) is 0 Å². The number of hydrogen-bond acceptors (Lipinski definition) is 2. The highest BCUT2D eigenvalue weighted by Gasteiger charge is 2.20. The zero-order valence-electron chi connectivity index (χ0n) is 11.7. The third kappa shape index (κ3) is 2.61. The lowest BCUT2D eigenvalue weighted by atomic mass is 9.98. The van der Waals surface area contributed by atoms with Crippen molar-refractivity contribution in [2.75, 3.05) is 12.9 Å². The minimum Gasteiger partial charge on any atom is -0.493 e. The van der Waals surface area contributed by atoms with E-state index in [0.29, 0.717) is 0 Å². The average molecular weight is 349 g/mol. The van der Waals surface area contributed by atoms with Gasteiger partial charge in [0.25, 0.3) is 0 Å². The first-order valence-corrected chi connectivity index (χ1v) is 8.77. The third-order valence-electron chi connectivity index (χ3n) is 3.83. The molecule has 2 aromatic carbocycles. The molecule has 0 saturated carbocycles. The van der Waals surface area contributed by atoms with Crippen LogP contribution in [0.5, 0.6) is 5.75 Å². The first-order chi connectivity index (χ1) is 9.69. The number of rotatable bonds is 3. The highest BCUT2D eigenvalue weighted by molar-refractivity contribution is 9.10. The Bertz CT molecular complexity index is 634. The molecule has 0 bridgehead atoms. The number of hydrogen-bond donors (Lipinski definition) is 0. The summed E-state index contributed by atoms with van der Waals surface area (Å²) in [6, 6.07) is 11.0. The zero-order valence-corrected chi connectivity index (χ0v) is 14.1. The van der Waals surface area contributed by atoms with E-state index in [1.165, 1.54) is 31.6 Å². The lowest BCUT2D eigenvalue weighted by Gasteiger charge is -2.12. The predicted octanol–water partition coefficient (Wildman–Crippen LogP) is 5.01. The van der Waals surface area contributed by atoms with Gasteiger partial charge < -0.3 is 4.74 Å². The first-order valence-electron chi connectivity index (χ1n) is 6.75. The van der Waals surface area contributed by atoms with Crippen LogP contribution >= 0.6 is 27.7 Å². The molecule has 0 fully saturated rings. The van der Waals surface area contributed by atoms with E-state index in [1.54, 1.807) is 11.8 Å². The summed E-state index contributed by atoms with van der Waals surface area (Å²) in [5.74, 6) is 1.11. The molecule has 0 aromatic heterocycles. The fraction of sp³-hybridized carbons (Fsp3) is 0.294. The Balaban J connectivity index is 1.94. The van der Waals surface area contributed by atoms with Crippen molar-refractivity contribution in [2.45, 2.75) is 24.7 Å². The van der Waals surface area contributed by atoms with Crippen LogP contribution in [0.2, 0.25) is 0 Å². The van der Waals surface area contributed by atoms with Crippen molar-refractivity contribution in [3.05, 3.63) is 57.1 Å². The van der Waals surface area contributed by atoms with E-state index < -0.39 is 0 Å². The first kappa shape index (κ1) is 14.0. The van der Waals surface area contributed by atoms with Crippen molar-refractivity contribution >= 4 is 27.7 Å². The van der Waals surface area contributed by atoms with Gasteiger partial charge in [0, 0.05) is 27.8 Å². The summed E-state index contributed by atoms with van der Waals surface area (Å²) in [6.45, 7) is 2.97. The number of ether oxygens (including phenoxy) is 1. The molecule has 0 atom stereocenters. The number of thioether (sulfide) groups is 1. The maximum atomic E-state index is 5.86. The van der Waals surface area contributed by atoms with Crippen molar-refractivity contribution in [1.82, 2.24) is 0 Å². The van der Waals surface area contributed by atoms with Gasteiger partial charge in [0.05, 0.1) is 6.61 Å². The van der Waals surface area contributed by atoms with Gasteiger partial charge in [-0.3, -0.25) is 0 Å². The van der Waals surface area contributed by atoms with E-state index in [4.69, 9.17) is 4.74 Å². The van der Waals surface area contributed by atoms with Crippen LogP contribution in [-0.2, 0) is 12.8 Å². The van der Waals surface area contributed by atoms with Gasteiger partial charge in [0.15, 0.2) is 0 Å². The Kier molecular flexibility index (Phi) is 4.08. The smallest absolute Gasteiger partial charge is 0.126 e. The standard InChI is InChI=1S/C17H17BrOS/c1-11-15-7-8-19-17(15)13(10-16(11)18)9-12-3-5-14(20-2)6-4-12/h3-6,10H,7-9H2,1-2H3. The van der Waals surface area contributed by atoms with Crippen LogP contribution < -0.4 is 4.74 Å². The Hall–Kier alpha value is -0.930. The molecule has 0 radical (unpaired) electrons. The number of halogens is 1. The maximum Gasteiger partial charge on any atom is 0.126 e. The van der Waals surface area contributed by atoms with E-state index in [2.05, 4.69) is 59.4 Å². The van der Waals surface area contributed by atoms with Crippen LogP contribution in [0.3, 0.4) is 0 Å². The summed E-state index contributed by atoms with van der Waals surface area (Å²) in [4.78, 5) is 1.31. The molecule has 0 unspecified atom stereocenters. The third-order valence-corrected chi connectivity index (χ3v) is 5.40. The topological polar surface area (TPSA) is 9.23 Å². The Morgan fingerprint density at radius 1 is 1.25 bits per heavy atom. The highest BCUT2D eigenvalue weighted by Crippen LogP contribution is 2.37. The van der Waals surface area contributed by atoms with Gasteiger partial charge in [-0.2, -0.15) is 0 Å². The molecule has 2 aromatic rings. The summed E-state index contributed by atoms with van der Waals surface area (Å²) in [6.07, 6.45) is 4.06. The Labute approximate surface area is 132 Å². The van der Waals surface area contributed by atoms with Crippen molar-refractivity contribution in [3.8, 4) is 5.75 Å². The van der Waals surface area contributed by atoms with Crippen molar-refractivity contribution in [2.24, 2.45) is 0 Å². The molecular weight excluding hydrogens is 332 g/mol. The van der Waals surface area contributed by atoms with Gasteiger partial charge in [-0.15, -0.1) is 11.8 Å². The van der Waals surface area contributed by atoms with Crippen molar-refractivity contribution in [3.63, 3.8) is 0 Å². The van der Waals surface area contributed by atoms with Crippen LogP contribution in [0.4, 0.5) is 0 Å². The van der Waals surface area contributed by atoms with Crippen LogP contribution in [0.1, 0.15) is 22.3 Å². The minimum absolute atomic E-state index is 0.811. The lowest BCUT2D eigenvalue weighted by Crippen LogP contribution is -1.95. The monoisotopic (exact) mass is 348 g/mol. The largest absolute Gasteiger partial charge is 0.493 e. The molecule has 3 heteroatoms. The number of fused-ring (bicyclic) bond motifs is 1. The molecule has 0 aliphatic carbocycles. The SMILES string of the molecule is CSc1ccc(Cc2cc(Br)c(C)c3c2OCC3)cc1. The quantitative estimate of drug-likeness (QED) is 0.721. The molecule has 1 heterocycles. The van der Waals surface area contributed by atoms with Gasteiger partial charge in [-0.05, 0) is 48.1 Å². The maximum absolute atomic E-state index is 5.86. The molecule has 20 heavy (non-hydrogen) atoms. The molecule has 0 spiro atoms. The molecule has 1 aliphatic rings. The van der Waals surface area contributed by atoms with Gasteiger partial charge in [-0.1, -0.05) is 28.1 Å². The van der Waals surface area contributed by atoms with Gasteiger partial charge in [0.1, 0.15) is 5.75 Å². The summed E-state index contributed by atoms with van der Waals surface area (Å²) in [7, 11) is 0. The summed E-state index contributed by atoms with van der Waals surface area (Å²) >= 11 is 5.45. The zero-order chi connectivity index (χ0) is 14.1. The summed E-state index contributed by atoms with van der Waals surface area (Å²) in [5, 5.41) is 0. The van der Waals surface area contributed by atoms with E-state index >= 15 is 0 Å². The molecule has 104 valence electrons. The van der Waals surface area contributed by atoms with Crippen molar-refractivity contribution < 1.29 is 4.74 Å². The molecule has 0 amide bonds. The van der Waals surface area contributed by atoms with Crippen LogP contribution in [0.25, 0.3) is 0 Å². The second-order valence-corrected chi connectivity index (χ2v) is 6.81. The van der Waals surface area contributed by atoms with Crippen LogP contribution in [0, 0.1) is 6.92 Å². The summed E-state index contributed by atoms with van der Waals surface area (Å²) < 4.78 is 7.05. The fourth-order valence-corrected chi connectivity index (χ4v) is 3.59. The average Bonchev–Trinajstić information content (AvgIpc) is 2.95. The molecule has 0 saturated heterocycles. The van der Waals surface area contributed by atoms with Crippen molar-refractivity contribution in [1.29, 1.82) is 0 Å². The second kappa shape index (κ2) is 5.82. The molecular formula is C17H17BrOS.